The van der Waals surface area contributed by atoms with Crippen molar-refractivity contribution in [3.8, 4) is 5.75 Å². The highest BCUT2D eigenvalue weighted by Crippen LogP contribution is 2.35. The summed E-state index contributed by atoms with van der Waals surface area (Å²) in [6.45, 7) is 2.14. The summed E-state index contributed by atoms with van der Waals surface area (Å²) >= 11 is 12.3. The molecule has 1 aromatic rings. The van der Waals surface area contributed by atoms with E-state index in [4.69, 9.17) is 27.9 Å². The third-order valence-corrected chi connectivity index (χ3v) is 3.20. The summed E-state index contributed by atoms with van der Waals surface area (Å²) in [4.78, 5) is 0. The molecule has 0 radical (unpaired) electrons. The Morgan fingerprint density at radius 1 is 1.31 bits per heavy atom. The Morgan fingerprint density at radius 3 is 2.50 bits per heavy atom. The molecule has 0 fully saturated rings. The fourth-order valence-corrected chi connectivity index (χ4v) is 2.25. The minimum absolute atomic E-state index is 0.237. The van der Waals surface area contributed by atoms with Crippen molar-refractivity contribution in [2.24, 2.45) is 0 Å². The highest BCUT2D eigenvalue weighted by Gasteiger charge is 2.15. The number of hydrogen-bond donors (Lipinski definition) is 1. The monoisotopic (exact) mass is 261 g/mol. The number of rotatable bonds is 5. The van der Waals surface area contributed by atoms with E-state index < -0.39 is 0 Å². The van der Waals surface area contributed by atoms with Crippen LogP contribution in [-0.4, -0.2) is 14.2 Å². The average molecular weight is 262 g/mol. The molecule has 0 saturated heterocycles. The largest absolute Gasteiger partial charge is 0.495 e. The van der Waals surface area contributed by atoms with Crippen LogP contribution in [0.3, 0.4) is 0 Å². The highest BCUT2D eigenvalue weighted by atomic mass is 35.5. The number of methoxy groups -OCH3 is 1. The second-order valence-corrected chi connectivity index (χ2v) is 4.45. The Morgan fingerprint density at radius 2 is 2.00 bits per heavy atom. The quantitative estimate of drug-likeness (QED) is 0.863. The summed E-state index contributed by atoms with van der Waals surface area (Å²) < 4.78 is 5.12. The van der Waals surface area contributed by atoms with Gasteiger partial charge in [-0.25, -0.2) is 0 Å². The third kappa shape index (κ3) is 3.03. The van der Waals surface area contributed by atoms with E-state index >= 15 is 0 Å². The Hall–Kier alpha value is -0.440. The third-order valence-electron chi connectivity index (χ3n) is 2.57. The lowest BCUT2D eigenvalue weighted by Crippen LogP contribution is -2.16. The zero-order chi connectivity index (χ0) is 12.1. The van der Waals surface area contributed by atoms with Gasteiger partial charge in [0, 0.05) is 17.1 Å². The molecule has 0 aliphatic heterocycles. The molecule has 16 heavy (non-hydrogen) atoms. The van der Waals surface area contributed by atoms with Crippen LogP contribution in [0.15, 0.2) is 12.1 Å². The van der Waals surface area contributed by atoms with E-state index in [2.05, 4.69) is 12.2 Å². The van der Waals surface area contributed by atoms with E-state index in [1.54, 1.807) is 13.2 Å². The topological polar surface area (TPSA) is 21.3 Å². The van der Waals surface area contributed by atoms with Gasteiger partial charge in [-0.3, -0.25) is 0 Å². The van der Waals surface area contributed by atoms with Gasteiger partial charge in [-0.05, 0) is 25.1 Å². The van der Waals surface area contributed by atoms with Crippen molar-refractivity contribution in [3.63, 3.8) is 0 Å². The molecule has 0 saturated carbocycles. The molecule has 1 unspecified atom stereocenters. The fourth-order valence-electron chi connectivity index (χ4n) is 1.71. The molecule has 0 aliphatic rings. The first-order valence-corrected chi connectivity index (χ1v) is 6.09. The maximum absolute atomic E-state index is 6.21. The normalized spacial score (nSPS) is 12.6. The second kappa shape index (κ2) is 6.33. The zero-order valence-electron chi connectivity index (χ0n) is 9.81. The maximum Gasteiger partial charge on any atom is 0.138 e. The molecule has 1 atom stereocenters. The van der Waals surface area contributed by atoms with Crippen molar-refractivity contribution in [1.29, 1.82) is 0 Å². The van der Waals surface area contributed by atoms with Gasteiger partial charge < -0.3 is 10.1 Å². The molecule has 1 rings (SSSR count). The molecule has 0 aliphatic carbocycles. The Balaban J connectivity index is 3.08. The van der Waals surface area contributed by atoms with Crippen LogP contribution in [0.25, 0.3) is 0 Å². The molecular weight excluding hydrogens is 245 g/mol. The van der Waals surface area contributed by atoms with Gasteiger partial charge in [0.25, 0.3) is 0 Å². The van der Waals surface area contributed by atoms with E-state index in [1.807, 2.05) is 13.1 Å². The Kier molecular flexibility index (Phi) is 5.39. The van der Waals surface area contributed by atoms with Crippen molar-refractivity contribution >= 4 is 23.2 Å². The fraction of sp³-hybridized carbons (Fsp3) is 0.500. The van der Waals surface area contributed by atoms with Gasteiger partial charge in [-0.1, -0.05) is 36.5 Å². The summed E-state index contributed by atoms with van der Waals surface area (Å²) in [5.41, 5.74) is 1.02. The molecule has 1 aromatic carbocycles. The number of benzene rings is 1. The Bertz CT molecular complexity index is 355. The van der Waals surface area contributed by atoms with Crippen LogP contribution in [-0.2, 0) is 0 Å². The van der Waals surface area contributed by atoms with Crippen LogP contribution >= 0.6 is 23.2 Å². The van der Waals surface area contributed by atoms with E-state index in [1.165, 1.54) is 0 Å². The molecule has 0 aromatic heterocycles. The van der Waals surface area contributed by atoms with Crippen LogP contribution in [0.5, 0.6) is 5.75 Å². The Labute approximate surface area is 107 Å². The van der Waals surface area contributed by atoms with Gasteiger partial charge in [-0.15, -0.1) is 0 Å². The van der Waals surface area contributed by atoms with Gasteiger partial charge in [0.1, 0.15) is 5.75 Å². The molecule has 0 heterocycles. The van der Waals surface area contributed by atoms with Crippen LogP contribution in [0.1, 0.15) is 31.4 Å². The van der Waals surface area contributed by atoms with Gasteiger partial charge in [0.2, 0.25) is 0 Å². The van der Waals surface area contributed by atoms with Gasteiger partial charge in [-0.2, -0.15) is 0 Å². The molecule has 2 nitrogen and oxygen atoms in total. The summed E-state index contributed by atoms with van der Waals surface area (Å²) in [5, 5.41) is 4.53. The minimum Gasteiger partial charge on any atom is -0.495 e. The maximum atomic E-state index is 6.21. The standard InChI is InChI=1S/C12H17Cl2NO/c1-4-5-11(15-2)8-6-10(14)12(16-3)7-9(8)13/h6-7,11,15H,4-5H2,1-3H3. The number of ether oxygens (including phenoxy) is 1. The summed E-state index contributed by atoms with van der Waals surface area (Å²) in [6.07, 6.45) is 2.12. The lowest BCUT2D eigenvalue weighted by atomic mass is 10.0. The van der Waals surface area contributed by atoms with Gasteiger partial charge in [0.05, 0.1) is 12.1 Å². The number of nitrogens with one attached hydrogen (secondary N) is 1. The SMILES string of the molecule is CCCC(NC)c1cc(Cl)c(OC)cc1Cl. The molecule has 1 N–H and O–H groups in total. The first-order chi connectivity index (χ1) is 7.63. The molecule has 0 amide bonds. The van der Waals surface area contributed by atoms with Crippen LogP contribution in [0, 0.1) is 0 Å². The van der Waals surface area contributed by atoms with Crippen molar-refractivity contribution in [3.05, 3.63) is 27.7 Å². The first kappa shape index (κ1) is 13.6. The van der Waals surface area contributed by atoms with Crippen molar-refractivity contribution in [2.45, 2.75) is 25.8 Å². The van der Waals surface area contributed by atoms with E-state index in [0.29, 0.717) is 15.8 Å². The molecule has 4 heteroatoms. The van der Waals surface area contributed by atoms with Crippen LogP contribution in [0.2, 0.25) is 10.0 Å². The summed E-state index contributed by atoms with van der Waals surface area (Å²) in [6, 6.07) is 3.87. The van der Waals surface area contributed by atoms with Crippen LogP contribution in [0.4, 0.5) is 0 Å². The van der Waals surface area contributed by atoms with Gasteiger partial charge in [0.15, 0.2) is 0 Å². The average Bonchev–Trinajstić information content (AvgIpc) is 2.28. The van der Waals surface area contributed by atoms with Gasteiger partial charge >= 0.3 is 0 Å². The molecule has 0 spiro atoms. The lowest BCUT2D eigenvalue weighted by molar-refractivity contribution is 0.414. The van der Waals surface area contributed by atoms with E-state index in [9.17, 15) is 0 Å². The molecular formula is C12H17Cl2NO. The number of hydrogen-bond acceptors (Lipinski definition) is 2. The highest BCUT2D eigenvalue weighted by molar-refractivity contribution is 6.34. The second-order valence-electron chi connectivity index (χ2n) is 3.64. The minimum atomic E-state index is 0.237. The number of halogens is 2. The zero-order valence-corrected chi connectivity index (χ0v) is 11.3. The van der Waals surface area contributed by atoms with Crippen molar-refractivity contribution in [1.82, 2.24) is 5.32 Å². The molecule has 0 bridgehead atoms. The predicted molar refractivity (Wildman–Crippen MR) is 69.7 cm³/mol. The van der Waals surface area contributed by atoms with E-state index in [0.717, 1.165) is 18.4 Å². The summed E-state index contributed by atoms with van der Waals surface area (Å²) in [7, 11) is 3.51. The van der Waals surface area contributed by atoms with E-state index in [-0.39, 0.29) is 6.04 Å². The lowest BCUT2D eigenvalue weighted by Gasteiger charge is -2.18. The van der Waals surface area contributed by atoms with Crippen molar-refractivity contribution < 1.29 is 4.74 Å². The van der Waals surface area contributed by atoms with Crippen LogP contribution < -0.4 is 10.1 Å². The molecule has 90 valence electrons. The van der Waals surface area contributed by atoms with Crippen molar-refractivity contribution in [2.75, 3.05) is 14.2 Å². The smallest absolute Gasteiger partial charge is 0.138 e. The predicted octanol–water partition coefficient (Wildman–Crippen LogP) is 4.06. The summed E-state index contributed by atoms with van der Waals surface area (Å²) in [5.74, 6) is 0.613. The first-order valence-electron chi connectivity index (χ1n) is 5.34.